The van der Waals surface area contributed by atoms with Crippen molar-refractivity contribution in [3.63, 3.8) is 0 Å². The average molecular weight is 499 g/mol. The second-order valence-corrected chi connectivity index (χ2v) is 6.74. The number of rotatable bonds is 5. The molecule has 142 valence electrons. The predicted octanol–water partition coefficient (Wildman–Crippen LogP) is 2.65. The summed E-state index contributed by atoms with van der Waals surface area (Å²) < 4.78 is 11.3. The van der Waals surface area contributed by atoms with Crippen molar-refractivity contribution in [3.05, 3.63) is 57.2 Å². The molecule has 0 saturated carbocycles. The zero-order chi connectivity index (χ0) is 19.8. The molecule has 0 aliphatic rings. The molecule has 0 spiro atoms. The highest BCUT2D eigenvalue weighted by molar-refractivity contribution is 14.1. The number of thiocarbonyl (C=S) groups is 1. The summed E-state index contributed by atoms with van der Waals surface area (Å²) in [5.41, 5.74) is 5.78. The highest BCUT2D eigenvalue weighted by atomic mass is 127. The fourth-order valence-corrected chi connectivity index (χ4v) is 2.95. The zero-order valence-electron chi connectivity index (χ0n) is 14.7. The quantitative estimate of drug-likeness (QED) is 0.333. The Hall–Kier alpha value is -2.40. The van der Waals surface area contributed by atoms with Crippen molar-refractivity contribution in [1.29, 1.82) is 0 Å². The van der Waals surface area contributed by atoms with E-state index in [1.807, 2.05) is 6.92 Å². The molecule has 27 heavy (non-hydrogen) atoms. The average Bonchev–Trinajstić information content (AvgIpc) is 2.66. The van der Waals surface area contributed by atoms with Gasteiger partial charge in [-0.15, -0.1) is 0 Å². The van der Waals surface area contributed by atoms with Gasteiger partial charge in [-0.05, 0) is 84.2 Å². The first-order chi connectivity index (χ1) is 12.9. The van der Waals surface area contributed by atoms with Crippen LogP contribution in [0, 0.1) is 3.57 Å². The fourth-order valence-electron chi connectivity index (χ4n) is 2.07. The van der Waals surface area contributed by atoms with Gasteiger partial charge in [-0.25, -0.2) is 0 Å². The SMILES string of the molecule is CCOc1ccc(C(=O)NC(=S)NNC(=O)c2ccc(OC)c(I)c2)cc1. The Morgan fingerprint density at radius 2 is 1.70 bits per heavy atom. The minimum absolute atomic E-state index is 0.0227. The number of benzene rings is 2. The van der Waals surface area contributed by atoms with Gasteiger partial charge in [-0.3, -0.25) is 25.8 Å². The Morgan fingerprint density at radius 3 is 2.30 bits per heavy atom. The molecule has 0 saturated heterocycles. The standard InChI is InChI=1S/C18H18IN3O4S/c1-3-26-13-7-4-11(5-8-13)16(23)20-18(27)22-21-17(24)12-6-9-15(25-2)14(19)10-12/h4-10H,3H2,1-2H3,(H,21,24)(H2,20,22,23,27). The molecule has 2 amide bonds. The van der Waals surface area contributed by atoms with Gasteiger partial charge in [0, 0.05) is 11.1 Å². The lowest BCUT2D eigenvalue weighted by Gasteiger charge is -2.12. The second kappa shape index (κ2) is 10.1. The van der Waals surface area contributed by atoms with E-state index in [4.69, 9.17) is 21.7 Å². The summed E-state index contributed by atoms with van der Waals surface area (Å²) in [4.78, 5) is 24.3. The summed E-state index contributed by atoms with van der Waals surface area (Å²) >= 11 is 7.10. The van der Waals surface area contributed by atoms with Crippen LogP contribution in [0.3, 0.4) is 0 Å². The molecule has 0 aromatic heterocycles. The Balaban J connectivity index is 1.87. The van der Waals surface area contributed by atoms with E-state index in [-0.39, 0.29) is 5.11 Å². The lowest BCUT2D eigenvalue weighted by molar-refractivity contribution is 0.0934. The summed E-state index contributed by atoms with van der Waals surface area (Å²) in [5, 5.41) is 2.47. The molecule has 7 nitrogen and oxygen atoms in total. The maximum absolute atomic E-state index is 12.2. The summed E-state index contributed by atoms with van der Waals surface area (Å²) in [6.07, 6.45) is 0. The van der Waals surface area contributed by atoms with E-state index >= 15 is 0 Å². The van der Waals surface area contributed by atoms with Gasteiger partial charge >= 0.3 is 0 Å². The third kappa shape index (κ3) is 6.07. The lowest BCUT2D eigenvalue weighted by Crippen LogP contribution is -2.48. The number of hydrogen-bond acceptors (Lipinski definition) is 5. The van der Waals surface area contributed by atoms with Gasteiger partial charge in [-0.2, -0.15) is 0 Å². The molecule has 9 heteroatoms. The molecule has 3 N–H and O–H groups in total. The summed E-state index contributed by atoms with van der Waals surface area (Å²) in [7, 11) is 1.56. The molecule has 2 aromatic rings. The van der Waals surface area contributed by atoms with Crippen molar-refractivity contribution in [1.82, 2.24) is 16.2 Å². The molecular formula is C18H18IN3O4S. The topological polar surface area (TPSA) is 88.7 Å². The minimum Gasteiger partial charge on any atom is -0.496 e. The van der Waals surface area contributed by atoms with E-state index in [2.05, 4.69) is 38.8 Å². The van der Waals surface area contributed by atoms with E-state index in [9.17, 15) is 9.59 Å². The van der Waals surface area contributed by atoms with Gasteiger partial charge in [0.15, 0.2) is 5.11 Å². The summed E-state index contributed by atoms with van der Waals surface area (Å²) in [5.74, 6) is 0.561. The molecule has 0 aliphatic carbocycles. The van der Waals surface area contributed by atoms with E-state index in [0.717, 1.165) is 3.57 Å². The van der Waals surface area contributed by atoms with Gasteiger partial charge in [0.05, 0.1) is 17.3 Å². The number of carbonyl (C=O) groups excluding carboxylic acids is 2. The van der Waals surface area contributed by atoms with Crippen LogP contribution in [0.5, 0.6) is 11.5 Å². The molecule has 2 aromatic carbocycles. The monoisotopic (exact) mass is 499 g/mol. The highest BCUT2D eigenvalue weighted by Crippen LogP contribution is 2.21. The zero-order valence-corrected chi connectivity index (χ0v) is 17.6. The first-order valence-corrected chi connectivity index (χ1v) is 9.41. The van der Waals surface area contributed by atoms with Gasteiger partial charge in [0.25, 0.3) is 11.8 Å². The Bertz CT molecular complexity index is 843. The summed E-state index contributed by atoms with van der Waals surface area (Å²) in [6, 6.07) is 11.6. The summed E-state index contributed by atoms with van der Waals surface area (Å²) in [6.45, 7) is 2.43. The number of hydrazine groups is 1. The number of carbonyl (C=O) groups is 2. The fraction of sp³-hybridized carbons (Fsp3) is 0.167. The normalized spacial score (nSPS) is 9.89. The van der Waals surface area contributed by atoms with Crippen molar-refractivity contribution < 1.29 is 19.1 Å². The van der Waals surface area contributed by atoms with Crippen molar-refractivity contribution in [2.45, 2.75) is 6.92 Å². The van der Waals surface area contributed by atoms with E-state index in [0.29, 0.717) is 29.2 Å². The Labute approximate surface area is 175 Å². The number of ether oxygens (including phenoxy) is 2. The molecule has 0 heterocycles. The van der Waals surface area contributed by atoms with Gasteiger partial charge in [0.2, 0.25) is 0 Å². The van der Waals surface area contributed by atoms with Gasteiger partial charge < -0.3 is 9.47 Å². The van der Waals surface area contributed by atoms with Crippen LogP contribution in [0.1, 0.15) is 27.6 Å². The van der Waals surface area contributed by atoms with Crippen LogP contribution in [0.25, 0.3) is 0 Å². The van der Waals surface area contributed by atoms with Crippen LogP contribution in [0.4, 0.5) is 0 Å². The second-order valence-electron chi connectivity index (χ2n) is 5.17. The van der Waals surface area contributed by atoms with Crippen LogP contribution >= 0.6 is 34.8 Å². The van der Waals surface area contributed by atoms with E-state index < -0.39 is 11.8 Å². The van der Waals surface area contributed by atoms with Gasteiger partial charge in [0.1, 0.15) is 11.5 Å². The van der Waals surface area contributed by atoms with E-state index in [1.165, 1.54) is 0 Å². The van der Waals surface area contributed by atoms with Crippen LogP contribution in [0.2, 0.25) is 0 Å². The molecule has 0 atom stereocenters. The maximum Gasteiger partial charge on any atom is 0.269 e. The molecule has 2 rings (SSSR count). The van der Waals surface area contributed by atoms with Crippen LogP contribution in [-0.4, -0.2) is 30.6 Å². The number of methoxy groups -OCH3 is 1. The van der Waals surface area contributed by atoms with Crippen molar-refractivity contribution in [3.8, 4) is 11.5 Å². The third-order valence-electron chi connectivity index (χ3n) is 3.36. The molecule has 0 aliphatic heterocycles. The minimum atomic E-state index is -0.399. The number of hydrogen-bond donors (Lipinski definition) is 3. The van der Waals surface area contributed by atoms with Crippen LogP contribution < -0.4 is 25.6 Å². The van der Waals surface area contributed by atoms with Crippen molar-refractivity contribution in [2.75, 3.05) is 13.7 Å². The largest absolute Gasteiger partial charge is 0.496 e. The molecule has 0 unspecified atom stereocenters. The maximum atomic E-state index is 12.2. The van der Waals surface area contributed by atoms with E-state index in [1.54, 1.807) is 49.6 Å². The Morgan fingerprint density at radius 1 is 1.04 bits per heavy atom. The van der Waals surface area contributed by atoms with Gasteiger partial charge in [-0.1, -0.05) is 0 Å². The molecule has 0 fully saturated rings. The lowest BCUT2D eigenvalue weighted by atomic mass is 10.2. The Kier molecular flexibility index (Phi) is 7.80. The molecule has 0 bridgehead atoms. The first-order valence-electron chi connectivity index (χ1n) is 7.92. The predicted molar refractivity (Wildman–Crippen MR) is 114 cm³/mol. The number of halogens is 1. The van der Waals surface area contributed by atoms with Crippen molar-refractivity contribution in [2.24, 2.45) is 0 Å². The number of nitrogens with one attached hydrogen (secondary N) is 3. The first kappa shape index (κ1) is 20.9. The third-order valence-corrected chi connectivity index (χ3v) is 4.41. The van der Waals surface area contributed by atoms with Crippen LogP contribution in [-0.2, 0) is 0 Å². The smallest absolute Gasteiger partial charge is 0.269 e. The highest BCUT2D eigenvalue weighted by Gasteiger charge is 2.11. The van der Waals surface area contributed by atoms with Crippen LogP contribution in [0.15, 0.2) is 42.5 Å². The number of amides is 2. The molecular weight excluding hydrogens is 481 g/mol. The van der Waals surface area contributed by atoms with Crippen molar-refractivity contribution >= 4 is 51.7 Å². The molecule has 0 radical (unpaired) electrons.